The van der Waals surface area contributed by atoms with E-state index in [9.17, 15) is 4.79 Å². The zero-order valence-corrected chi connectivity index (χ0v) is 17.3. The molecule has 1 amide bonds. The summed E-state index contributed by atoms with van der Waals surface area (Å²) >= 11 is 0. The molecule has 0 atom stereocenters. The highest BCUT2D eigenvalue weighted by Crippen LogP contribution is 2.36. The monoisotopic (exact) mass is 399 g/mol. The molecule has 1 aromatic carbocycles. The second kappa shape index (κ2) is 8.15. The van der Waals surface area contributed by atoms with E-state index in [4.69, 9.17) is 9.47 Å². The molecule has 6 nitrogen and oxygen atoms in total. The van der Waals surface area contributed by atoms with Gasteiger partial charge in [0.1, 0.15) is 18.5 Å². The Morgan fingerprint density at radius 3 is 2.41 bits per heavy atom. The first kappa shape index (κ1) is 19.2. The molecular weight excluding hydrogens is 366 g/mol. The molecule has 1 aliphatic carbocycles. The van der Waals surface area contributed by atoms with Crippen LogP contribution >= 0.6 is 0 Å². The van der Waals surface area contributed by atoms with Gasteiger partial charge < -0.3 is 24.6 Å². The van der Waals surface area contributed by atoms with E-state index >= 15 is 0 Å². The summed E-state index contributed by atoms with van der Waals surface area (Å²) in [6, 6.07) is 9.04. The van der Waals surface area contributed by atoms with Crippen LogP contribution in [0.2, 0.25) is 0 Å². The molecule has 6 heteroatoms. The lowest BCUT2D eigenvalue weighted by molar-refractivity contribution is -0.174. The van der Waals surface area contributed by atoms with Gasteiger partial charge in [-0.15, -0.1) is 0 Å². The fraction of sp³-hybridized carbons (Fsp3) is 0.696. The van der Waals surface area contributed by atoms with Crippen LogP contribution in [0.4, 0.5) is 5.69 Å². The quantitative estimate of drug-likeness (QED) is 0.843. The summed E-state index contributed by atoms with van der Waals surface area (Å²) in [5, 5.41) is 3.38. The number of carbonyl (C=O) groups excluding carboxylic acids is 1. The van der Waals surface area contributed by atoms with Crippen molar-refractivity contribution in [3.63, 3.8) is 0 Å². The Morgan fingerprint density at radius 2 is 1.76 bits per heavy atom. The lowest BCUT2D eigenvalue weighted by atomic mass is 9.85. The minimum absolute atomic E-state index is 0.141. The van der Waals surface area contributed by atoms with Gasteiger partial charge in [0.05, 0.1) is 12.1 Å². The maximum atomic E-state index is 12.3. The third-order valence-corrected chi connectivity index (χ3v) is 7.26. The van der Waals surface area contributed by atoms with Crippen LogP contribution < -0.4 is 15.0 Å². The fourth-order valence-electron chi connectivity index (χ4n) is 5.09. The van der Waals surface area contributed by atoms with Crippen molar-refractivity contribution in [1.82, 2.24) is 10.2 Å². The second-order valence-corrected chi connectivity index (χ2v) is 9.13. The van der Waals surface area contributed by atoms with E-state index in [1.165, 1.54) is 24.9 Å². The van der Waals surface area contributed by atoms with Gasteiger partial charge >= 0.3 is 0 Å². The molecule has 0 unspecified atom stereocenters. The van der Waals surface area contributed by atoms with Crippen molar-refractivity contribution in [2.75, 3.05) is 44.2 Å². The molecule has 0 bridgehead atoms. The number of hydrogen-bond donors (Lipinski definition) is 1. The summed E-state index contributed by atoms with van der Waals surface area (Å²) in [6.45, 7) is 5.09. The molecule has 29 heavy (non-hydrogen) atoms. The van der Waals surface area contributed by atoms with Crippen LogP contribution in [0.25, 0.3) is 0 Å². The van der Waals surface area contributed by atoms with Crippen LogP contribution in [-0.2, 0) is 9.53 Å². The minimum atomic E-state index is -0.141. The van der Waals surface area contributed by atoms with Crippen LogP contribution in [0.5, 0.6) is 5.75 Å². The Labute approximate surface area is 173 Å². The number of benzene rings is 1. The van der Waals surface area contributed by atoms with Gasteiger partial charge in [-0.25, -0.2) is 0 Å². The number of piperidine rings is 2. The molecule has 5 rings (SSSR count). The zero-order valence-electron chi connectivity index (χ0n) is 17.3. The highest BCUT2D eigenvalue weighted by Gasteiger charge is 2.45. The van der Waals surface area contributed by atoms with E-state index in [1.807, 2.05) is 0 Å². The van der Waals surface area contributed by atoms with Gasteiger partial charge in [0.15, 0.2) is 0 Å². The molecule has 4 aliphatic rings. The number of morpholine rings is 1. The van der Waals surface area contributed by atoms with Crippen molar-refractivity contribution in [1.29, 1.82) is 0 Å². The smallest absolute Gasteiger partial charge is 0.248 e. The average molecular weight is 400 g/mol. The Balaban J connectivity index is 1.16. The largest absolute Gasteiger partial charge is 0.490 e. The molecule has 4 fully saturated rings. The van der Waals surface area contributed by atoms with Gasteiger partial charge in [-0.3, -0.25) is 4.79 Å². The van der Waals surface area contributed by atoms with E-state index in [0.717, 1.165) is 64.2 Å². The van der Waals surface area contributed by atoms with Gasteiger partial charge in [0, 0.05) is 24.8 Å². The molecule has 3 aliphatic heterocycles. The molecule has 1 spiro atoms. The lowest BCUT2D eigenvalue weighted by Crippen LogP contribution is -2.61. The summed E-state index contributed by atoms with van der Waals surface area (Å²) in [7, 11) is 0. The van der Waals surface area contributed by atoms with E-state index in [-0.39, 0.29) is 18.1 Å². The molecule has 1 N–H and O–H groups in total. The van der Waals surface area contributed by atoms with Crippen molar-refractivity contribution in [3.8, 4) is 5.75 Å². The van der Waals surface area contributed by atoms with Crippen molar-refractivity contribution in [2.24, 2.45) is 0 Å². The Morgan fingerprint density at radius 1 is 1.03 bits per heavy atom. The third-order valence-electron chi connectivity index (χ3n) is 7.26. The molecule has 158 valence electrons. The third kappa shape index (κ3) is 4.10. The standard InChI is InChI=1S/C23H33N3O3/c27-22-16-28-23(17-26(22)19-2-1-3-19)10-14-25(15-11-23)18-4-6-20(7-5-18)29-21-8-12-24-13-9-21/h4-7,19,21,24H,1-3,8-17H2. The number of hydrogen-bond acceptors (Lipinski definition) is 5. The van der Waals surface area contributed by atoms with Gasteiger partial charge in [-0.1, -0.05) is 0 Å². The summed E-state index contributed by atoms with van der Waals surface area (Å²) in [5.74, 6) is 1.16. The molecular formula is C23H33N3O3. The molecule has 0 aromatic heterocycles. The van der Waals surface area contributed by atoms with E-state index in [2.05, 4.69) is 39.4 Å². The topological polar surface area (TPSA) is 54.0 Å². The minimum Gasteiger partial charge on any atom is -0.490 e. The van der Waals surface area contributed by atoms with Gasteiger partial charge in [0.2, 0.25) is 5.91 Å². The lowest BCUT2D eigenvalue weighted by Gasteiger charge is -2.50. The highest BCUT2D eigenvalue weighted by atomic mass is 16.5. The fourth-order valence-corrected chi connectivity index (χ4v) is 5.09. The number of nitrogens with zero attached hydrogens (tertiary/aromatic N) is 2. The zero-order chi connectivity index (χ0) is 19.7. The van der Waals surface area contributed by atoms with Crippen molar-refractivity contribution in [3.05, 3.63) is 24.3 Å². The maximum absolute atomic E-state index is 12.3. The van der Waals surface area contributed by atoms with Crippen LogP contribution in [-0.4, -0.2) is 67.9 Å². The molecule has 0 radical (unpaired) electrons. The van der Waals surface area contributed by atoms with E-state index < -0.39 is 0 Å². The van der Waals surface area contributed by atoms with Crippen LogP contribution in [0.3, 0.4) is 0 Å². The SMILES string of the molecule is O=C1COC2(CCN(c3ccc(OC4CCNCC4)cc3)CC2)CN1C1CCC1. The Bertz CT molecular complexity index is 705. The summed E-state index contributed by atoms with van der Waals surface area (Å²) in [6.07, 6.45) is 8.05. The van der Waals surface area contributed by atoms with E-state index in [0.29, 0.717) is 12.1 Å². The first-order chi connectivity index (χ1) is 14.2. The summed E-state index contributed by atoms with van der Waals surface area (Å²) < 4.78 is 12.2. The van der Waals surface area contributed by atoms with Crippen LogP contribution in [0.1, 0.15) is 44.9 Å². The van der Waals surface area contributed by atoms with Gasteiger partial charge in [0.25, 0.3) is 0 Å². The molecule has 1 saturated carbocycles. The second-order valence-electron chi connectivity index (χ2n) is 9.13. The van der Waals surface area contributed by atoms with E-state index in [1.54, 1.807) is 0 Å². The number of anilines is 1. The number of nitrogens with one attached hydrogen (secondary N) is 1. The maximum Gasteiger partial charge on any atom is 0.248 e. The summed E-state index contributed by atoms with van der Waals surface area (Å²) in [5.41, 5.74) is 1.11. The van der Waals surface area contributed by atoms with Crippen molar-refractivity contribution >= 4 is 11.6 Å². The van der Waals surface area contributed by atoms with Crippen molar-refractivity contribution < 1.29 is 14.3 Å². The number of ether oxygens (including phenoxy) is 2. The average Bonchev–Trinajstić information content (AvgIpc) is 2.72. The van der Waals surface area contributed by atoms with Crippen LogP contribution in [0.15, 0.2) is 24.3 Å². The normalized spacial score (nSPS) is 25.9. The van der Waals surface area contributed by atoms with Crippen LogP contribution in [0, 0.1) is 0 Å². The summed E-state index contributed by atoms with van der Waals surface area (Å²) in [4.78, 5) is 16.8. The number of carbonyl (C=O) groups is 1. The Kier molecular flexibility index (Phi) is 5.39. The predicted octanol–water partition coefficient (Wildman–Crippen LogP) is 2.57. The molecule has 3 saturated heterocycles. The first-order valence-corrected chi connectivity index (χ1v) is 11.4. The number of amides is 1. The highest BCUT2D eigenvalue weighted by molar-refractivity contribution is 5.78. The van der Waals surface area contributed by atoms with Gasteiger partial charge in [-0.2, -0.15) is 0 Å². The number of rotatable bonds is 4. The Hall–Kier alpha value is -1.79. The first-order valence-electron chi connectivity index (χ1n) is 11.4. The molecule has 3 heterocycles. The van der Waals surface area contributed by atoms with Gasteiger partial charge in [-0.05, 0) is 82.3 Å². The molecule has 1 aromatic rings. The van der Waals surface area contributed by atoms with Crippen molar-refractivity contribution in [2.45, 2.75) is 62.7 Å². The predicted molar refractivity (Wildman–Crippen MR) is 112 cm³/mol.